The molecule has 4 aliphatic carbocycles. The summed E-state index contributed by atoms with van der Waals surface area (Å²) in [4.78, 5) is 0. The Morgan fingerprint density at radius 1 is 1.14 bits per heavy atom. The van der Waals surface area contributed by atoms with Gasteiger partial charge in [0.1, 0.15) is 0 Å². The van der Waals surface area contributed by atoms with Crippen LogP contribution in [0.4, 0.5) is 0 Å². The predicted octanol–water partition coefficient (Wildman–Crippen LogP) is 3.93. The summed E-state index contributed by atoms with van der Waals surface area (Å²) in [6.45, 7) is 0. The molecule has 114 valence electrons. The zero-order valence-electron chi connectivity index (χ0n) is 12.5. The van der Waals surface area contributed by atoms with E-state index in [4.69, 9.17) is 17.4 Å². The van der Waals surface area contributed by atoms with Gasteiger partial charge in [0.2, 0.25) is 0 Å². The smallest absolute Gasteiger partial charge is 0.0408 e. The van der Waals surface area contributed by atoms with Crippen LogP contribution in [0.25, 0.3) is 0 Å². The van der Waals surface area contributed by atoms with Crippen LogP contribution in [0.1, 0.15) is 44.1 Å². The maximum atomic E-state index is 6.14. The molecule has 1 aromatic carbocycles. The van der Waals surface area contributed by atoms with Gasteiger partial charge in [-0.15, -0.1) is 0 Å². The molecule has 0 saturated heterocycles. The molecule has 0 heterocycles. The van der Waals surface area contributed by atoms with Crippen molar-refractivity contribution in [2.45, 2.75) is 51.0 Å². The van der Waals surface area contributed by atoms with Crippen molar-refractivity contribution in [2.24, 2.45) is 29.0 Å². The molecule has 4 bridgehead atoms. The monoisotopic (exact) mass is 304 g/mol. The van der Waals surface area contributed by atoms with E-state index in [1.54, 1.807) is 0 Å². The number of nitrogens with two attached hydrogens (primary N) is 1. The number of halogens is 1. The topological polar surface area (TPSA) is 38.0 Å². The molecule has 4 saturated carbocycles. The number of nitrogens with one attached hydrogen (secondary N) is 1. The molecule has 0 spiro atoms. The van der Waals surface area contributed by atoms with Crippen molar-refractivity contribution in [3.63, 3.8) is 0 Å². The summed E-state index contributed by atoms with van der Waals surface area (Å²) in [5.74, 6) is 8.89. The first kappa shape index (κ1) is 14.0. The molecule has 3 N–H and O–H groups in total. The van der Waals surface area contributed by atoms with E-state index in [1.165, 1.54) is 44.1 Å². The van der Waals surface area contributed by atoms with Gasteiger partial charge in [-0.05, 0) is 85.8 Å². The SMILES string of the molecule is NNC(Cc1cccc(Cl)c1)C12CC3CC(CC(C3)C1)C2. The van der Waals surface area contributed by atoms with Crippen LogP contribution in [0.15, 0.2) is 24.3 Å². The standard InChI is InChI=1S/C18H25ClN2/c19-16-3-1-2-12(7-16)8-17(21-20)18-9-13-4-14(10-18)6-15(5-13)11-18/h1-3,7,13-15,17,21H,4-6,8-11,20H2. The molecule has 0 aliphatic heterocycles. The van der Waals surface area contributed by atoms with Gasteiger partial charge in [-0.2, -0.15) is 0 Å². The Hall–Kier alpha value is -0.570. The number of hydrazine groups is 1. The fourth-order valence-corrected chi connectivity index (χ4v) is 6.17. The third-order valence-corrected chi connectivity index (χ3v) is 6.59. The molecular weight excluding hydrogens is 280 g/mol. The molecular formula is C18H25ClN2. The Morgan fingerprint density at radius 3 is 2.29 bits per heavy atom. The maximum Gasteiger partial charge on any atom is 0.0408 e. The van der Waals surface area contributed by atoms with Crippen LogP contribution in [-0.4, -0.2) is 6.04 Å². The molecule has 1 unspecified atom stereocenters. The first-order valence-electron chi connectivity index (χ1n) is 8.37. The van der Waals surface area contributed by atoms with E-state index >= 15 is 0 Å². The first-order valence-corrected chi connectivity index (χ1v) is 8.75. The van der Waals surface area contributed by atoms with Gasteiger partial charge in [0.25, 0.3) is 0 Å². The van der Waals surface area contributed by atoms with Gasteiger partial charge in [0.05, 0.1) is 0 Å². The van der Waals surface area contributed by atoms with Crippen molar-refractivity contribution in [1.29, 1.82) is 0 Å². The Balaban J connectivity index is 1.58. The summed E-state index contributed by atoms with van der Waals surface area (Å²) in [5.41, 5.74) is 4.93. The van der Waals surface area contributed by atoms with Crippen LogP contribution in [0.5, 0.6) is 0 Å². The van der Waals surface area contributed by atoms with Crippen LogP contribution < -0.4 is 11.3 Å². The second-order valence-electron chi connectivity index (χ2n) is 7.83. The summed E-state index contributed by atoms with van der Waals surface area (Å²) < 4.78 is 0. The average molecular weight is 305 g/mol. The van der Waals surface area contributed by atoms with E-state index in [-0.39, 0.29) is 0 Å². The van der Waals surface area contributed by atoms with Gasteiger partial charge in [0.15, 0.2) is 0 Å². The summed E-state index contributed by atoms with van der Waals surface area (Å²) in [6, 6.07) is 8.65. The predicted molar refractivity (Wildman–Crippen MR) is 86.9 cm³/mol. The minimum absolute atomic E-state index is 0.393. The third kappa shape index (κ3) is 2.52. The first-order chi connectivity index (χ1) is 10.2. The van der Waals surface area contributed by atoms with Crippen molar-refractivity contribution >= 4 is 11.6 Å². The van der Waals surface area contributed by atoms with Gasteiger partial charge >= 0.3 is 0 Å². The molecule has 4 fully saturated rings. The molecule has 0 radical (unpaired) electrons. The fraction of sp³-hybridized carbons (Fsp3) is 0.667. The van der Waals surface area contributed by atoms with E-state index in [2.05, 4.69) is 17.6 Å². The van der Waals surface area contributed by atoms with E-state index < -0.39 is 0 Å². The Kier molecular flexibility index (Phi) is 3.52. The highest BCUT2D eigenvalue weighted by atomic mass is 35.5. The summed E-state index contributed by atoms with van der Waals surface area (Å²) in [6.07, 6.45) is 9.59. The largest absolute Gasteiger partial charge is 0.271 e. The normalized spacial score (nSPS) is 38.7. The van der Waals surface area contributed by atoms with Crippen LogP contribution >= 0.6 is 11.6 Å². The Bertz CT molecular complexity index is 492. The molecule has 1 aromatic rings. The zero-order valence-corrected chi connectivity index (χ0v) is 13.3. The van der Waals surface area contributed by atoms with Gasteiger partial charge < -0.3 is 0 Å². The molecule has 21 heavy (non-hydrogen) atoms. The lowest BCUT2D eigenvalue weighted by molar-refractivity contribution is -0.0737. The van der Waals surface area contributed by atoms with Crippen molar-refractivity contribution in [3.05, 3.63) is 34.9 Å². The van der Waals surface area contributed by atoms with Crippen LogP contribution in [0.3, 0.4) is 0 Å². The second kappa shape index (κ2) is 5.26. The number of rotatable bonds is 4. The van der Waals surface area contributed by atoms with Crippen molar-refractivity contribution in [1.82, 2.24) is 5.43 Å². The average Bonchev–Trinajstić information content (AvgIpc) is 2.43. The van der Waals surface area contributed by atoms with Gasteiger partial charge in [0, 0.05) is 11.1 Å². The number of hydrogen-bond acceptors (Lipinski definition) is 2. The fourth-order valence-electron chi connectivity index (χ4n) is 5.96. The van der Waals surface area contributed by atoms with E-state index in [9.17, 15) is 0 Å². The van der Waals surface area contributed by atoms with Crippen molar-refractivity contribution in [2.75, 3.05) is 0 Å². The molecule has 0 amide bonds. The highest BCUT2D eigenvalue weighted by Gasteiger charge is 2.53. The van der Waals surface area contributed by atoms with E-state index in [0.29, 0.717) is 11.5 Å². The molecule has 0 aromatic heterocycles. The van der Waals surface area contributed by atoms with Crippen LogP contribution in [-0.2, 0) is 6.42 Å². The van der Waals surface area contributed by atoms with E-state index in [1.807, 2.05) is 12.1 Å². The third-order valence-electron chi connectivity index (χ3n) is 6.35. The lowest BCUT2D eigenvalue weighted by atomic mass is 9.47. The molecule has 2 nitrogen and oxygen atoms in total. The number of benzene rings is 1. The number of hydrogen-bond donors (Lipinski definition) is 2. The molecule has 3 heteroatoms. The highest BCUT2D eigenvalue weighted by molar-refractivity contribution is 6.30. The lowest BCUT2D eigenvalue weighted by Crippen LogP contribution is -2.58. The van der Waals surface area contributed by atoms with Gasteiger partial charge in [-0.25, -0.2) is 0 Å². The highest BCUT2D eigenvalue weighted by Crippen LogP contribution is 2.61. The molecule has 4 aliphatic rings. The summed E-state index contributed by atoms with van der Waals surface area (Å²) in [7, 11) is 0. The summed E-state index contributed by atoms with van der Waals surface area (Å²) >= 11 is 6.14. The molecule has 5 rings (SSSR count). The Morgan fingerprint density at radius 2 is 1.76 bits per heavy atom. The second-order valence-corrected chi connectivity index (χ2v) is 8.27. The van der Waals surface area contributed by atoms with Crippen molar-refractivity contribution < 1.29 is 0 Å². The van der Waals surface area contributed by atoms with Crippen LogP contribution in [0.2, 0.25) is 5.02 Å². The molecule has 1 atom stereocenters. The maximum absolute atomic E-state index is 6.14. The Labute approximate surface area is 132 Å². The minimum Gasteiger partial charge on any atom is -0.271 e. The zero-order chi connectivity index (χ0) is 14.4. The minimum atomic E-state index is 0.393. The van der Waals surface area contributed by atoms with Gasteiger partial charge in [-0.1, -0.05) is 23.7 Å². The lowest BCUT2D eigenvalue weighted by Gasteiger charge is -2.59. The van der Waals surface area contributed by atoms with Crippen LogP contribution in [0, 0.1) is 23.2 Å². The van der Waals surface area contributed by atoms with E-state index in [0.717, 1.165) is 29.2 Å². The quantitative estimate of drug-likeness (QED) is 0.653. The van der Waals surface area contributed by atoms with Gasteiger partial charge in [-0.3, -0.25) is 11.3 Å². The summed E-state index contributed by atoms with van der Waals surface area (Å²) in [5, 5.41) is 0.828. The van der Waals surface area contributed by atoms with Crippen molar-refractivity contribution in [3.8, 4) is 0 Å².